The smallest absolute Gasteiger partial charge is 0.410 e. The number of hydrogen-bond acceptors (Lipinski definition) is 7. The Morgan fingerprint density at radius 3 is 2.52 bits per heavy atom. The van der Waals surface area contributed by atoms with E-state index in [9.17, 15) is 18.4 Å². The number of nitrogens with zero attached hydrogens (tertiary/aromatic N) is 1. The fraction of sp³-hybridized carbons (Fsp3) is 0.517. The second-order valence-electron chi connectivity index (χ2n) is 11.7. The van der Waals surface area contributed by atoms with Crippen molar-refractivity contribution >= 4 is 12.0 Å². The molecule has 0 spiro atoms. The standard InChI is InChI=1S/C29H32F2N2O7/c1-28(2,3)40-27(35)33-12-16(13-33)21-11-19(18-7-6-17(36-4)10-22(18)39-21)32-26(34)25-24(29(25,30)31)15-5-8-20-23(9-15)38-14-37-20/h5-10,16,19,21,24-25H,11-14H2,1-4H3,(H,32,34). The summed E-state index contributed by atoms with van der Waals surface area (Å²) in [5.74, 6) is -4.67. The van der Waals surface area contributed by atoms with Gasteiger partial charge in [0.2, 0.25) is 12.7 Å². The van der Waals surface area contributed by atoms with Crippen LogP contribution in [0.4, 0.5) is 13.6 Å². The molecule has 3 heterocycles. The highest BCUT2D eigenvalue weighted by Gasteiger charge is 2.72. The molecule has 2 aromatic carbocycles. The number of benzene rings is 2. The number of nitrogens with one attached hydrogen (secondary N) is 1. The predicted molar refractivity (Wildman–Crippen MR) is 138 cm³/mol. The highest BCUT2D eigenvalue weighted by molar-refractivity contribution is 5.86. The minimum absolute atomic E-state index is 0.00461. The Labute approximate surface area is 230 Å². The normalized spacial score (nSPS) is 26.2. The molecular weight excluding hydrogens is 526 g/mol. The molecule has 3 aliphatic heterocycles. The summed E-state index contributed by atoms with van der Waals surface area (Å²) in [6.07, 6.45) is -0.352. The molecule has 0 aromatic heterocycles. The number of ether oxygens (including phenoxy) is 5. The predicted octanol–water partition coefficient (Wildman–Crippen LogP) is 4.65. The van der Waals surface area contributed by atoms with Crippen molar-refractivity contribution in [1.29, 1.82) is 0 Å². The Hall–Kier alpha value is -3.76. The number of methoxy groups -OCH3 is 1. The first-order valence-electron chi connectivity index (χ1n) is 13.3. The van der Waals surface area contributed by atoms with Crippen LogP contribution in [0.3, 0.4) is 0 Å². The number of alkyl halides is 2. The second kappa shape index (κ2) is 9.42. The van der Waals surface area contributed by atoms with E-state index < -0.39 is 41.4 Å². The van der Waals surface area contributed by atoms with Crippen LogP contribution in [-0.4, -0.2) is 61.5 Å². The van der Waals surface area contributed by atoms with E-state index in [1.165, 1.54) is 13.2 Å². The maximum Gasteiger partial charge on any atom is 0.410 e. The van der Waals surface area contributed by atoms with Crippen LogP contribution in [0.5, 0.6) is 23.0 Å². The zero-order valence-electron chi connectivity index (χ0n) is 22.7. The lowest BCUT2D eigenvalue weighted by molar-refractivity contribution is -0.125. The van der Waals surface area contributed by atoms with Gasteiger partial charge in [0.15, 0.2) is 11.5 Å². The molecule has 6 rings (SSSR count). The molecule has 4 atom stereocenters. The maximum absolute atomic E-state index is 15.0. The van der Waals surface area contributed by atoms with Gasteiger partial charge < -0.3 is 33.9 Å². The number of carbonyl (C=O) groups excluding carboxylic acids is 2. The molecule has 0 bridgehead atoms. The van der Waals surface area contributed by atoms with E-state index in [-0.39, 0.29) is 18.8 Å². The Balaban J connectivity index is 1.17. The molecule has 1 aliphatic carbocycles. The fourth-order valence-corrected chi connectivity index (χ4v) is 5.69. The molecule has 1 N–H and O–H groups in total. The first kappa shape index (κ1) is 26.5. The van der Waals surface area contributed by atoms with Crippen LogP contribution >= 0.6 is 0 Å². The molecule has 2 amide bonds. The number of rotatable bonds is 5. The van der Waals surface area contributed by atoms with Gasteiger partial charge in [0, 0.05) is 37.1 Å². The minimum Gasteiger partial charge on any atom is -0.497 e. The van der Waals surface area contributed by atoms with Crippen molar-refractivity contribution in [2.24, 2.45) is 11.8 Å². The molecule has 9 nitrogen and oxygen atoms in total. The number of hydrogen-bond donors (Lipinski definition) is 1. The van der Waals surface area contributed by atoms with Crippen molar-refractivity contribution in [3.05, 3.63) is 47.5 Å². The van der Waals surface area contributed by atoms with Crippen molar-refractivity contribution in [2.75, 3.05) is 27.0 Å². The molecule has 2 aromatic rings. The van der Waals surface area contributed by atoms with Crippen LogP contribution in [-0.2, 0) is 9.53 Å². The van der Waals surface area contributed by atoms with E-state index in [1.807, 2.05) is 20.8 Å². The second-order valence-corrected chi connectivity index (χ2v) is 11.7. The van der Waals surface area contributed by atoms with Crippen molar-refractivity contribution in [3.63, 3.8) is 0 Å². The third-order valence-corrected chi connectivity index (χ3v) is 7.84. The van der Waals surface area contributed by atoms with Crippen molar-refractivity contribution in [1.82, 2.24) is 10.2 Å². The monoisotopic (exact) mass is 558 g/mol. The summed E-state index contributed by atoms with van der Waals surface area (Å²) < 4.78 is 57.6. The first-order valence-corrected chi connectivity index (χ1v) is 13.3. The van der Waals surface area contributed by atoms with Crippen LogP contribution in [0.15, 0.2) is 36.4 Å². The van der Waals surface area contributed by atoms with Crippen LogP contribution in [0.25, 0.3) is 0 Å². The Kier molecular flexibility index (Phi) is 6.23. The molecule has 11 heteroatoms. The molecule has 0 radical (unpaired) electrons. The average Bonchev–Trinajstić information content (AvgIpc) is 3.17. The Morgan fingerprint density at radius 2 is 1.80 bits per heavy atom. The van der Waals surface area contributed by atoms with Gasteiger partial charge in [-0.1, -0.05) is 6.07 Å². The van der Waals surface area contributed by atoms with Gasteiger partial charge in [-0.15, -0.1) is 0 Å². The molecule has 40 heavy (non-hydrogen) atoms. The molecule has 1 saturated heterocycles. The summed E-state index contributed by atoms with van der Waals surface area (Å²) in [6, 6.07) is 9.38. The van der Waals surface area contributed by atoms with Crippen LogP contribution in [0.2, 0.25) is 0 Å². The van der Waals surface area contributed by atoms with Gasteiger partial charge in [0.25, 0.3) is 5.92 Å². The summed E-state index contributed by atoms with van der Waals surface area (Å²) in [7, 11) is 1.54. The van der Waals surface area contributed by atoms with Gasteiger partial charge in [-0.05, 0) is 50.6 Å². The SMILES string of the molecule is COc1ccc2c(c1)OC(C1CN(C(=O)OC(C)(C)C)C1)CC2NC(=O)C1C(c2ccc3c(c2)OCO3)C1(F)F. The Bertz CT molecular complexity index is 1340. The number of likely N-dealkylation sites (tertiary alicyclic amines) is 1. The number of carbonyl (C=O) groups is 2. The van der Waals surface area contributed by atoms with E-state index in [1.54, 1.807) is 35.2 Å². The summed E-state index contributed by atoms with van der Waals surface area (Å²) in [6.45, 7) is 6.34. The van der Waals surface area contributed by atoms with Crippen LogP contribution in [0.1, 0.15) is 50.3 Å². The van der Waals surface area contributed by atoms with Crippen molar-refractivity contribution in [3.8, 4) is 23.0 Å². The van der Waals surface area contributed by atoms with E-state index >= 15 is 0 Å². The van der Waals surface area contributed by atoms with Gasteiger partial charge in [0.1, 0.15) is 29.1 Å². The topological polar surface area (TPSA) is 95.6 Å². The highest BCUT2D eigenvalue weighted by atomic mass is 19.3. The quantitative estimate of drug-likeness (QED) is 0.571. The van der Waals surface area contributed by atoms with Gasteiger partial charge in [-0.2, -0.15) is 0 Å². The molecule has 4 aliphatic rings. The first-order chi connectivity index (χ1) is 18.9. The summed E-state index contributed by atoms with van der Waals surface area (Å²) >= 11 is 0. The fourth-order valence-electron chi connectivity index (χ4n) is 5.69. The Morgan fingerprint density at radius 1 is 1.05 bits per heavy atom. The molecular formula is C29H32F2N2O7. The van der Waals surface area contributed by atoms with Gasteiger partial charge in [-0.3, -0.25) is 4.79 Å². The number of amides is 2. The van der Waals surface area contributed by atoms with Crippen LogP contribution < -0.4 is 24.3 Å². The van der Waals surface area contributed by atoms with Gasteiger partial charge in [0.05, 0.1) is 19.1 Å². The van der Waals surface area contributed by atoms with Crippen molar-refractivity contribution in [2.45, 2.75) is 56.8 Å². The average molecular weight is 559 g/mol. The van der Waals surface area contributed by atoms with Gasteiger partial charge >= 0.3 is 6.09 Å². The summed E-state index contributed by atoms with van der Waals surface area (Å²) in [4.78, 5) is 27.3. The zero-order valence-corrected chi connectivity index (χ0v) is 22.7. The summed E-state index contributed by atoms with van der Waals surface area (Å²) in [5, 5.41) is 2.88. The van der Waals surface area contributed by atoms with E-state index in [0.29, 0.717) is 53.6 Å². The number of halogens is 2. The van der Waals surface area contributed by atoms with Gasteiger partial charge in [-0.25, -0.2) is 13.6 Å². The lowest BCUT2D eigenvalue weighted by Gasteiger charge is -2.45. The van der Waals surface area contributed by atoms with E-state index in [4.69, 9.17) is 23.7 Å². The summed E-state index contributed by atoms with van der Waals surface area (Å²) in [5.41, 5.74) is 0.427. The molecule has 1 saturated carbocycles. The van der Waals surface area contributed by atoms with Crippen molar-refractivity contribution < 1.29 is 42.1 Å². The van der Waals surface area contributed by atoms with E-state index in [2.05, 4.69) is 5.32 Å². The lowest BCUT2D eigenvalue weighted by Crippen LogP contribution is -2.57. The number of fused-ring (bicyclic) bond motifs is 2. The minimum atomic E-state index is -3.19. The lowest BCUT2D eigenvalue weighted by atomic mass is 9.85. The third kappa shape index (κ3) is 4.75. The highest BCUT2D eigenvalue weighted by Crippen LogP contribution is 2.62. The largest absolute Gasteiger partial charge is 0.497 e. The molecule has 4 unspecified atom stereocenters. The van der Waals surface area contributed by atoms with Crippen LogP contribution in [0, 0.1) is 11.8 Å². The van der Waals surface area contributed by atoms with E-state index in [0.717, 1.165) is 0 Å². The maximum atomic E-state index is 15.0. The zero-order chi connectivity index (χ0) is 28.4. The molecule has 214 valence electrons. The third-order valence-electron chi connectivity index (χ3n) is 7.84. The molecule has 2 fully saturated rings.